The van der Waals surface area contributed by atoms with Gasteiger partial charge >= 0.3 is 0 Å². The molecule has 0 amide bonds. The molecular formula is C24H32N4O2. The molecule has 1 aromatic carbocycles. The topological polar surface area (TPSA) is 70.2 Å². The van der Waals surface area contributed by atoms with Gasteiger partial charge in [-0.2, -0.15) is 10.2 Å². The second-order valence-electron chi connectivity index (χ2n) is 8.95. The molecule has 6 heteroatoms. The number of benzene rings is 1. The van der Waals surface area contributed by atoms with E-state index in [4.69, 9.17) is 4.42 Å². The molecule has 0 aliphatic carbocycles. The Morgan fingerprint density at radius 3 is 2.67 bits per heavy atom. The van der Waals surface area contributed by atoms with E-state index in [-0.39, 0.29) is 11.5 Å². The van der Waals surface area contributed by atoms with Crippen LogP contribution in [0.3, 0.4) is 0 Å². The summed E-state index contributed by atoms with van der Waals surface area (Å²) in [7, 11) is 0. The Morgan fingerprint density at radius 2 is 2.00 bits per heavy atom. The van der Waals surface area contributed by atoms with Crippen molar-refractivity contribution in [2.24, 2.45) is 15.6 Å². The summed E-state index contributed by atoms with van der Waals surface area (Å²) in [6, 6.07) is 5.59. The number of nitrogens with one attached hydrogen (secondary N) is 1. The van der Waals surface area contributed by atoms with Crippen molar-refractivity contribution in [1.82, 2.24) is 5.32 Å². The molecule has 30 heavy (non-hydrogen) atoms. The van der Waals surface area contributed by atoms with Crippen LogP contribution < -0.4 is 15.6 Å². The Kier molecular flexibility index (Phi) is 6.44. The molecule has 0 spiro atoms. The number of allylic oxidation sites excluding steroid dienone is 2. The lowest BCUT2D eigenvalue weighted by Gasteiger charge is -2.37. The van der Waals surface area contributed by atoms with E-state index >= 15 is 0 Å². The van der Waals surface area contributed by atoms with E-state index in [0.29, 0.717) is 22.3 Å². The first-order valence-electron chi connectivity index (χ1n) is 10.5. The first kappa shape index (κ1) is 21.8. The number of hydrogen-bond donors (Lipinski definition) is 1. The summed E-state index contributed by atoms with van der Waals surface area (Å²) >= 11 is 0. The molecule has 0 radical (unpaired) electrons. The lowest BCUT2D eigenvalue weighted by atomic mass is 9.83. The van der Waals surface area contributed by atoms with Crippen molar-refractivity contribution in [1.29, 1.82) is 0 Å². The van der Waals surface area contributed by atoms with E-state index in [9.17, 15) is 4.79 Å². The minimum atomic E-state index is -0.0487. The fourth-order valence-electron chi connectivity index (χ4n) is 3.89. The quantitative estimate of drug-likeness (QED) is 0.541. The zero-order valence-corrected chi connectivity index (χ0v) is 18.7. The van der Waals surface area contributed by atoms with E-state index in [1.54, 1.807) is 12.3 Å². The largest absolute Gasteiger partial charge is 0.440 e. The van der Waals surface area contributed by atoms with Crippen LogP contribution in [0.2, 0.25) is 0 Å². The van der Waals surface area contributed by atoms with Crippen LogP contribution in [0.4, 0.5) is 5.88 Å². The maximum absolute atomic E-state index is 12.9. The molecule has 1 aliphatic heterocycles. The third kappa shape index (κ3) is 4.99. The summed E-state index contributed by atoms with van der Waals surface area (Å²) in [6.45, 7) is 15.7. The van der Waals surface area contributed by atoms with Gasteiger partial charge in [-0.05, 0) is 56.7 Å². The summed E-state index contributed by atoms with van der Waals surface area (Å²) in [5.74, 6) is 0.664. The molecule has 0 saturated carbocycles. The summed E-state index contributed by atoms with van der Waals surface area (Å²) in [5, 5.41) is 11.3. The number of rotatable bonds is 6. The van der Waals surface area contributed by atoms with Crippen molar-refractivity contribution in [3.8, 4) is 0 Å². The van der Waals surface area contributed by atoms with Gasteiger partial charge in [0.25, 0.3) is 0 Å². The first-order valence-corrected chi connectivity index (χ1v) is 10.5. The zero-order valence-electron chi connectivity index (χ0n) is 18.7. The van der Waals surface area contributed by atoms with Crippen LogP contribution in [0.25, 0.3) is 11.0 Å². The highest BCUT2D eigenvalue weighted by Gasteiger charge is 2.27. The van der Waals surface area contributed by atoms with Crippen molar-refractivity contribution >= 4 is 29.8 Å². The molecule has 1 N–H and O–H groups in total. The fourth-order valence-corrected chi connectivity index (χ4v) is 3.89. The summed E-state index contributed by atoms with van der Waals surface area (Å²) < 4.78 is 6.35. The highest BCUT2D eigenvalue weighted by Crippen LogP contribution is 2.34. The molecule has 0 unspecified atom stereocenters. The Labute approximate surface area is 178 Å². The van der Waals surface area contributed by atoms with Crippen molar-refractivity contribution in [3.05, 3.63) is 51.3 Å². The van der Waals surface area contributed by atoms with E-state index < -0.39 is 0 Å². The van der Waals surface area contributed by atoms with Crippen molar-refractivity contribution in [2.75, 3.05) is 18.0 Å². The minimum absolute atomic E-state index is 0.00434. The first-order chi connectivity index (χ1) is 14.2. The second kappa shape index (κ2) is 8.86. The Morgan fingerprint density at radius 1 is 1.30 bits per heavy atom. The highest BCUT2D eigenvalue weighted by molar-refractivity contribution is 5.82. The number of aryl methyl sites for hydroxylation is 1. The molecule has 1 fully saturated rings. The summed E-state index contributed by atoms with van der Waals surface area (Å²) in [6.07, 6.45) is 5.59. The molecule has 0 bridgehead atoms. The SMILES string of the molecule is C=N/N=C\C=C(/C)N[C@H](C)c1cc(C)cc2c(=O)cc(N3CCC(C)(C)CC3)oc12. The van der Waals surface area contributed by atoms with Crippen LogP contribution in [0.15, 0.2) is 49.4 Å². The summed E-state index contributed by atoms with van der Waals surface area (Å²) in [5.41, 5.74) is 3.92. The summed E-state index contributed by atoms with van der Waals surface area (Å²) in [4.78, 5) is 15.1. The molecule has 2 heterocycles. The van der Waals surface area contributed by atoms with Crippen LogP contribution in [-0.2, 0) is 0 Å². The van der Waals surface area contributed by atoms with Crippen LogP contribution in [0, 0.1) is 12.3 Å². The monoisotopic (exact) mass is 408 g/mol. The predicted octanol–water partition coefficient (Wildman–Crippen LogP) is 4.97. The van der Waals surface area contributed by atoms with Gasteiger partial charge in [0.1, 0.15) is 5.58 Å². The van der Waals surface area contributed by atoms with Gasteiger partial charge < -0.3 is 14.6 Å². The normalized spacial score (nSPS) is 18.0. The molecule has 1 atom stereocenters. The second-order valence-corrected chi connectivity index (χ2v) is 8.95. The van der Waals surface area contributed by atoms with Crippen LogP contribution in [0.5, 0.6) is 0 Å². The maximum Gasteiger partial charge on any atom is 0.200 e. The van der Waals surface area contributed by atoms with E-state index in [2.05, 4.69) is 54.0 Å². The van der Waals surface area contributed by atoms with Gasteiger partial charge in [-0.25, -0.2) is 0 Å². The molecular weight excluding hydrogens is 376 g/mol. The van der Waals surface area contributed by atoms with Crippen molar-refractivity contribution < 1.29 is 4.42 Å². The van der Waals surface area contributed by atoms with E-state index in [0.717, 1.165) is 42.8 Å². The van der Waals surface area contributed by atoms with Crippen molar-refractivity contribution in [3.63, 3.8) is 0 Å². The molecule has 6 nitrogen and oxygen atoms in total. The number of fused-ring (bicyclic) bond motifs is 1. The smallest absolute Gasteiger partial charge is 0.200 e. The van der Waals surface area contributed by atoms with Gasteiger partial charge in [-0.1, -0.05) is 19.9 Å². The fraction of sp³-hybridized carbons (Fsp3) is 0.458. The Hall–Kier alpha value is -2.89. The lowest BCUT2D eigenvalue weighted by molar-refractivity contribution is 0.274. The Bertz CT molecular complexity index is 1040. The van der Waals surface area contributed by atoms with Crippen LogP contribution >= 0.6 is 0 Å². The third-order valence-corrected chi connectivity index (χ3v) is 5.80. The van der Waals surface area contributed by atoms with E-state index in [1.807, 2.05) is 26.0 Å². The number of hydrogen-bond acceptors (Lipinski definition) is 6. The highest BCUT2D eigenvalue weighted by atomic mass is 16.4. The Balaban J connectivity index is 1.99. The number of nitrogens with zero attached hydrogens (tertiary/aromatic N) is 3. The van der Waals surface area contributed by atoms with Gasteiger partial charge in [-0.3, -0.25) is 4.79 Å². The lowest BCUT2D eigenvalue weighted by Crippen LogP contribution is -2.37. The number of anilines is 1. The van der Waals surface area contributed by atoms with Gasteiger partial charge in [0.2, 0.25) is 0 Å². The van der Waals surface area contributed by atoms with Crippen molar-refractivity contribution in [2.45, 2.75) is 53.5 Å². The van der Waals surface area contributed by atoms with Gasteiger partial charge in [0, 0.05) is 37.1 Å². The average molecular weight is 409 g/mol. The average Bonchev–Trinajstić information content (AvgIpc) is 2.68. The van der Waals surface area contributed by atoms with Gasteiger partial charge in [0.15, 0.2) is 11.3 Å². The number of piperidine rings is 1. The standard InChI is InChI=1S/C24H32N4O2/c1-16-13-19(18(3)27-17(2)7-10-26-25-6)23-20(14-16)21(29)15-22(30-23)28-11-8-24(4,5)9-12-28/h7,10,13-15,18,27H,6,8-9,11-12H2,1-5H3/b17-7+,26-10-/t18-/m1/s1. The molecule has 3 rings (SSSR count). The van der Waals surface area contributed by atoms with Crippen LogP contribution in [0.1, 0.15) is 57.7 Å². The molecule has 1 aromatic heterocycles. The molecule has 160 valence electrons. The molecule has 2 aromatic rings. The minimum Gasteiger partial charge on any atom is -0.440 e. The van der Waals surface area contributed by atoms with Gasteiger partial charge in [-0.15, -0.1) is 0 Å². The van der Waals surface area contributed by atoms with E-state index in [1.165, 1.54) is 0 Å². The molecule has 1 saturated heterocycles. The van der Waals surface area contributed by atoms with Gasteiger partial charge in [0.05, 0.1) is 17.6 Å². The van der Waals surface area contributed by atoms with Crippen LogP contribution in [-0.4, -0.2) is 26.0 Å². The maximum atomic E-state index is 12.9. The third-order valence-electron chi connectivity index (χ3n) is 5.80. The zero-order chi connectivity index (χ0) is 21.9. The predicted molar refractivity (Wildman–Crippen MR) is 126 cm³/mol. The molecule has 1 aliphatic rings.